The smallest absolute Gasteiger partial charge is 0.149 e. The van der Waals surface area contributed by atoms with Gasteiger partial charge in [0.15, 0.2) is 0 Å². The second kappa shape index (κ2) is 4.86. The van der Waals surface area contributed by atoms with Crippen molar-refractivity contribution in [2.75, 3.05) is 0 Å². The molecule has 1 aliphatic carbocycles. The maximum Gasteiger partial charge on any atom is 0.149 e. The van der Waals surface area contributed by atoms with Crippen LogP contribution in [0.2, 0.25) is 0 Å². The van der Waals surface area contributed by atoms with Crippen LogP contribution in [0.5, 0.6) is 0 Å². The van der Waals surface area contributed by atoms with Crippen molar-refractivity contribution in [3.8, 4) is 0 Å². The van der Waals surface area contributed by atoms with Crippen LogP contribution in [-0.2, 0) is 0 Å². The van der Waals surface area contributed by atoms with Gasteiger partial charge in [-0.05, 0) is 36.0 Å². The van der Waals surface area contributed by atoms with Crippen molar-refractivity contribution >= 4 is 0 Å². The fraction of sp³-hybridized carbons (Fsp3) is 0.333. The molecule has 1 aromatic heterocycles. The molecule has 1 unspecified atom stereocenters. The molecule has 1 heterocycles. The minimum Gasteiger partial charge on any atom is -0.318 e. The van der Waals surface area contributed by atoms with E-state index in [0.29, 0.717) is 11.7 Å². The van der Waals surface area contributed by atoms with Crippen LogP contribution in [0.15, 0.2) is 42.7 Å². The summed E-state index contributed by atoms with van der Waals surface area (Å²) in [4.78, 5) is 8.53. The molecule has 1 atom stereocenters. The van der Waals surface area contributed by atoms with Crippen LogP contribution in [0.4, 0.5) is 0 Å². The van der Waals surface area contributed by atoms with Crippen molar-refractivity contribution in [3.05, 3.63) is 59.7 Å². The monoisotopic (exact) mass is 239 g/mol. The van der Waals surface area contributed by atoms with Gasteiger partial charge in [-0.25, -0.2) is 9.97 Å². The van der Waals surface area contributed by atoms with Crippen molar-refractivity contribution in [2.24, 2.45) is 5.73 Å². The zero-order valence-electron chi connectivity index (χ0n) is 10.3. The minimum atomic E-state index is -0.219. The number of aromatic nitrogens is 2. The van der Waals surface area contributed by atoms with Gasteiger partial charge in [-0.15, -0.1) is 0 Å². The molecule has 2 aromatic rings. The third kappa shape index (κ3) is 2.02. The van der Waals surface area contributed by atoms with Crippen molar-refractivity contribution < 1.29 is 0 Å². The third-order valence-electron chi connectivity index (χ3n) is 3.74. The normalized spacial score (nSPS) is 17.2. The molecule has 0 saturated heterocycles. The predicted molar refractivity (Wildman–Crippen MR) is 71.1 cm³/mol. The molecule has 0 amide bonds. The Morgan fingerprint density at radius 2 is 1.78 bits per heavy atom. The molecular formula is C15H17N3. The summed E-state index contributed by atoms with van der Waals surface area (Å²) in [6.45, 7) is 0. The van der Waals surface area contributed by atoms with Gasteiger partial charge in [0.1, 0.15) is 5.82 Å². The predicted octanol–water partition coefficient (Wildman–Crippen LogP) is 2.79. The van der Waals surface area contributed by atoms with E-state index in [0.717, 1.165) is 0 Å². The highest BCUT2D eigenvalue weighted by molar-refractivity contribution is 5.36. The maximum absolute atomic E-state index is 6.31. The van der Waals surface area contributed by atoms with Crippen LogP contribution in [0.1, 0.15) is 48.2 Å². The van der Waals surface area contributed by atoms with E-state index in [9.17, 15) is 0 Å². The standard InChI is InChI=1S/C15H17N3/c16-14(15-17-9-4-10-18-15)13-8-2-1-7-12(13)11-5-3-6-11/h1-2,4,7-11,14H,3,5-6,16H2. The van der Waals surface area contributed by atoms with E-state index in [4.69, 9.17) is 5.73 Å². The first-order chi connectivity index (χ1) is 8.86. The zero-order chi connectivity index (χ0) is 12.4. The highest BCUT2D eigenvalue weighted by atomic mass is 14.9. The lowest BCUT2D eigenvalue weighted by molar-refractivity contribution is 0.416. The lowest BCUT2D eigenvalue weighted by Crippen LogP contribution is -2.20. The summed E-state index contributed by atoms with van der Waals surface area (Å²) < 4.78 is 0. The Morgan fingerprint density at radius 1 is 1.06 bits per heavy atom. The summed E-state index contributed by atoms with van der Waals surface area (Å²) in [7, 11) is 0. The molecule has 0 spiro atoms. The molecule has 0 bridgehead atoms. The number of hydrogen-bond acceptors (Lipinski definition) is 3. The SMILES string of the molecule is NC(c1ncccn1)c1ccccc1C1CCC1. The van der Waals surface area contributed by atoms with Gasteiger partial charge in [0.25, 0.3) is 0 Å². The quantitative estimate of drug-likeness (QED) is 0.896. The van der Waals surface area contributed by atoms with Gasteiger partial charge in [0.05, 0.1) is 6.04 Å². The molecule has 1 aliphatic rings. The molecule has 1 fully saturated rings. The first kappa shape index (κ1) is 11.4. The summed E-state index contributed by atoms with van der Waals surface area (Å²) >= 11 is 0. The Balaban J connectivity index is 1.96. The van der Waals surface area contributed by atoms with Gasteiger partial charge in [-0.3, -0.25) is 0 Å². The van der Waals surface area contributed by atoms with Crippen molar-refractivity contribution in [2.45, 2.75) is 31.2 Å². The second-order valence-corrected chi connectivity index (χ2v) is 4.84. The summed E-state index contributed by atoms with van der Waals surface area (Å²) in [6.07, 6.45) is 7.37. The van der Waals surface area contributed by atoms with E-state index in [1.54, 1.807) is 12.4 Å². The van der Waals surface area contributed by atoms with Crippen molar-refractivity contribution in [3.63, 3.8) is 0 Å². The van der Waals surface area contributed by atoms with E-state index in [1.807, 2.05) is 12.1 Å². The van der Waals surface area contributed by atoms with Gasteiger partial charge < -0.3 is 5.73 Å². The van der Waals surface area contributed by atoms with Gasteiger partial charge in [-0.2, -0.15) is 0 Å². The summed E-state index contributed by atoms with van der Waals surface area (Å²) in [5, 5.41) is 0. The molecule has 2 N–H and O–H groups in total. The maximum atomic E-state index is 6.31. The van der Waals surface area contributed by atoms with Crippen molar-refractivity contribution in [1.29, 1.82) is 0 Å². The molecule has 0 radical (unpaired) electrons. The second-order valence-electron chi connectivity index (χ2n) is 4.84. The molecule has 18 heavy (non-hydrogen) atoms. The lowest BCUT2D eigenvalue weighted by Gasteiger charge is -2.29. The van der Waals surface area contributed by atoms with Crippen LogP contribution in [-0.4, -0.2) is 9.97 Å². The molecule has 3 heteroatoms. The topological polar surface area (TPSA) is 51.8 Å². The highest BCUT2D eigenvalue weighted by Crippen LogP contribution is 2.39. The minimum absolute atomic E-state index is 0.219. The number of nitrogens with zero attached hydrogens (tertiary/aromatic N) is 2. The average molecular weight is 239 g/mol. The number of hydrogen-bond donors (Lipinski definition) is 1. The average Bonchev–Trinajstić information content (AvgIpc) is 2.38. The van der Waals surface area contributed by atoms with Crippen LogP contribution < -0.4 is 5.73 Å². The van der Waals surface area contributed by atoms with Gasteiger partial charge in [0, 0.05) is 12.4 Å². The lowest BCUT2D eigenvalue weighted by atomic mass is 9.77. The Labute approximate surface area is 107 Å². The molecule has 1 saturated carbocycles. The molecule has 3 rings (SSSR count). The van der Waals surface area contributed by atoms with E-state index >= 15 is 0 Å². The highest BCUT2D eigenvalue weighted by Gasteiger charge is 2.24. The molecule has 0 aliphatic heterocycles. The summed E-state index contributed by atoms with van der Waals surface area (Å²) in [6, 6.07) is 10.0. The first-order valence-corrected chi connectivity index (χ1v) is 6.47. The van der Waals surface area contributed by atoms with Gasteiger partial charge in [-0.1, -0.05) is 30.7 Å². The van der Waals surface area contributed by atoms with E-state index < -0.39 is 0 Å². The number of benzene rings is 1. The molecule has 1 aromatic carbocycles. The van der Waals surface area contributed by atoms with Gasteiger partial charge >= 0.3 is 0 Å². The van der Waals surface area contributed by atoms with Crippen LogP contribution in [0.3, 0.4) is 0 Å². The zero-order valence-corrected chi connectivity index (χ0v) is 10.3. The van der Waals surface area contributed by atoms with Crippen LogP contribution in [0.25, 0.3) is 0 Å². The largest absolute Gasteiger partial charge is 0.318 e. The van der Waals surface area contributed by atoms with Crippen LogP contribution >= 0.6 is 0 Å². The summed E-state index contributed by atoms with van der Waals surface area (Å²) in [5.74, 6) is 1.38. The molecular weight excluding hydrogens is 222 g/mol. The Morgan fingerprint density at radius 3 is 2.44 bits per heavy atom. The number of nitrogens with two attached hydrogens (primary N) is 1. The van der Waals surface area contributed by atoms with Crippen molar-refractivity contribution in [1.82, 2.24) is 9.97 Å². The number of rotatable bonds is 3. The van der Waals surface area contributed by atoms with Gasteiger partial charge in [0.2, 0.25) is 0 Å². The fourth-order valence-electron chi connectivity index (χ4n) is 2.50. The van der Waals surface area contributed by atoms with Crippen LogP contribution in [0, 0.1) is 0 Å². The molecule has 92 valence electrons. The van der Waals surface area contributed by atoms with E-state index in [1.165, 1.54) is 30.4 Å². The molecule has 3 nitrogen and oxygen atoms in total. The Bertz CT molecular complexity index is 520. The summed E-state index contributed by atoms with van der Waals surface area (Å²) in [5.41, 5.74) is 8.86. The Kier molecular flexibility index (Phi) is 3.07. The van der Waals surface area contributed by atoms with E-state index in [2.05, 4.69) is 28.2 Å². The fourth-order valence-corrected chi connectivity index (χ4v) is 2.50. The first-order valence-electron chi connectivity index (χ1n) is 6.47. The third-order valence-corrected chi connectivity index (χ3v) is 3.74. The Hall–Kier alpha value is -1.74. The van der Waals surface area contributed by atoms with E-state index in [-0.39, 0.29) is 6.04 Å².